The van der Waals surface area contributed by atoms with Crippen LogP contribution in [0.3, 0.4) is 0 Å². The van der Waals surface area contributed by atoms with E-state index in [1.807, 2.05) is 12.2 Å². The standard InChI is InChI=1S/C15H11ClN2O3/c1-21-14(19)9-3-2-4-10(16)13(9)8-5-6-11-12(7-8)18-15(20)17-11/h2-8H,1H3,(H,18,20). The molecule has 1 N–H and O–H groups in total. The zero-order chi connectivity index (χ0) is 15.0. The van der Waals surface area contributed by atoms with Crippen LogP contribution in [0.15, 0.2) is 47.1 Å². The number of carbonyl (C=O) groups excluding carboxylic acids is 2. The number of benzene rings is 1. The van der Waals surface area contributed by atoms with E-state index in [4.69, 9.17) is 16.3 Å². The molecule has 0 spiro atoms. The van der Waals surface area contributed by atoms with Gasteiger partial charge in [0.2, 0.25) is 0 Å². The molecule has 2 aliphatic rings. The molecular weight excluding hydrogens is 292 g/mol. The van der Waals surface area contributed by atoms with Crippen LogP contribution in [0.4, 0.5) is 4.79 Å². The van der Waals surface area contributed by atoms with Gasteiger partial charge < -0.3 is 10.1 Å². The Labute approximate surface area is 126 Å². The lowest BCUT2D eigenvalue weighted by molar-refractivity contribution is 0.0599. The molecule has 0 saturated heterocycles. The molecule has 1 aliphatic heterocycles. The van der Waals surface area contributed by atoms with E-state index in [1.54, 1.807) is 24.3 Å². The predicted molar refractivity (Wildman–Crippen MR) is 78.7 cm³/mol. The molecule has 2 amide bonds. The fourth-order valence-corrected chi connectivity index (χ4v) is 2.70. The van der Waals surface area contributed by atoms with Gasteiger partial charge in [0, 0.05) is 10.9 Å². The second kappa shape index (κ2) is 5.18. The maximum Gasteiger partial charge on any atom is 0.346 e. The van der Waals surface area contributed by atoms with Crippen molar-refractivity contribution < 1.29 is 14.3 Å². The summed E-state index contributed by atoms with van der Waals surface area (Å²) in [4.78, 5) is 27.0. The van der Waals surface area contributed by atoms with Gasteiger partial charge in [-0.25, -0.2) is 9.59 Å². The minimum Gasteiger partial charge on any atom is -0.465 e. The van der Waals surface area contributed by atoms with Crippen LogP contribution in [0, 0.1) is 0 Å². The molecule has 6 heteroatoms. The van der Waals surface area contributed by atoms with E-state index in [0.717, 1.165) is 0 Å². The Bertz CT molecular complexity index is 734. The fourth-order valence-electron chi connectivity index (χ4n) is 2.40. The summed E-state index contributed by atoms with van der Waals surface area (Å²) < 4.78 is 4.79. The molecule has 1 heterocycles. The van der Waals surface area contributed by atoms with Crippen molar-refractivity contribution in [2.45, 2.75) is 5.92 Å². The van der Waals surface area contributed by atoms with Crippen LogP contribution >= 0.6 is 11.6 Å². The molecule has 106 valence electrons. The molecule has 0 saturated carbocycles. The van der Waals surface area contributed by atoms with Gasteiger partial charge in [-0.1, -0.05) is 23.7 Å². The van der Waals surface area contributed by atoms with E-state index in [9.17, 15) is 9.59 Å². The maximum absolute atomic E-state index is 11.9. The van der Waals surface area contributed by atoms with Crippen molar-refractivity contribution in [3.8, 4) is 0 Å². The van der Waals surface area contributed by atoms with Crippen LogP contribution in [0.25, 0.3) is 0 Å². The average Bonchev–Trinajstić information content (AvgIpc) is 2.85. The Morgan fingerprint density at radius 1 is 1.43 bits per heavy atom. The van der Waals surface area contributed by atoms with Crippen molar-refractivity contribution in [3.05, 3.63) is 58.3 Å². The number of nitrogens with zero attached hydrogens (tertiary/aromatic N) is 1. The Morgan fingerprint density at radius 2 is 2.24 bits per heavy atom. The summed E-state index contributed by atoms with van der Waals surface area (Å²) in [5.41, 5.74) is 2.27. The number of carbonyl (C=O) groups is 2. The Balaban J connectivity index is 2.07. The van der Waals surface area contributed by atoms with Gasteiger partial charge in [-0.3, -0.25) is 0 Å². The first-order chi connectivity index (χ1) is 10.1. The summed E-state index contributed by atoms with van der Waals surface area (Å²) in [5.74, 6) is -0.686. The molecule has 0 aromatic heterocycles. The van der Waals surface area contributed by atoms with E-state index < -0.39 is 12.0 Å². The van der Waals surface area contributed by atoms with Crippen LogP contribution in [0.1, 0.15) is 21.8 Å². The van der Waals surface area contributed by atoms with Crippen LogP contribution in [-0.2, 0) is 4.74 Å². The lowest BCUT2D eigenvalue weighted by atomic mass is 9.89. The first kappa shape index (κ1) is 13.6. The highest BCUT2D eigenvalue weighted by atomic mass is 35.5. The SMILES string of the molecule is COC(=O)c1cccc(Cl)c1C1C=CC2=NC(=O)NC2=C1. The van der Waals surface area contributed by atoms with E-state index in [2.05, 4.69) is 10.3 Å². The third kappa shape index (κ3) is 2.36. The summed E-state index contributed by atoms with van der Waals surface area (Å²) >= 11 is 6.25. The Hall–Kier alpha value is -2.40. The lowest BCUT2D eigenvalue weighted by Gasteiger charge is -2.18. The van der Waals surface area contributed by atoms with Crippen molar-refractivity contribution in [2.75, 3.05) is 7.11 Å². The molecule has 0 radical (unpaired) electrons. The second-order valence-corrected chi connectivity index (χ2v) is 4.99. The van der Waals surface area contributed by atoms with Crippen LogP contribution in [0.2, 0.25) is 5.02 Å². The Kier molecular flexibility index (Phi) is 3.35. The van der Waals surface area contributed by atoms with Gasteiger partial charge in [-0.05, 0) is 29.8 Å². The van der Waals surface area contributed by atoms with Crippen molar-refractivity contribution >= 4 is 29.3 Å². The van der Waals surface area contributed by atoms with E-state index >= 15 is 0 Å². The number of urea groups is 1. The van der Waals surface area contributed by atoms with E-state index in [0.29, 0.717) is 27.6 Å². The summed E-state index contributed by atoms with van der Waals surface area (Å²) in [7, 11) is 1.32. The average molecular weight is 303 g/mol. The molecule has 1 atom stereocenters. The van der Waals surface area contributed by atoms with Gasteiger partial charge >= 0.3 is 12.0 Å². The zero-order valence-corrected chi connectivity index (χ0v) is 11.8. The highest BCUT2D eigenvalue weighted by Gasteiger charge is 2.26. The van der Waals surface area contributed by atoms with Crippen LogP contribution in [0.5, 0.6) is 0 Å². The molecule has 5 nitrogen and oxygen atoms in total. The zero-order valence-electron chi connectivity index (χ0n) is 11.1. The van der Waals surface area contributed by atoms with E-state index in [1.165, 1.54) is 7.11 Å². The van der Waals surface area contributed by atoms with Crippen molar-refractivity contribution in [1.82, 2.24) is 5.32 Å². The molecule has 0 bridgehead atoms. The number of hydrogen-bond acceptors (Lipinski definition) is 3. The van der Waals surface area contributed by atoms with Gasteiger partial charge in [0.15, 0.2) is 0 Å². The first-order valence-electron chi connectivity index (χ1n) is 6.27. The molecule has 1 aromatic rings. The van der Waals surface area contributed by atoms with Gasteiger partial charge in [-0.2, -0.15) is 4.99 Å². The number of ether oxygens (including phenoxy) is 1. The summed E-state index contributed by atoms with van der Waals surface area (Å²) in [6.07, 6.45) is 5.40. The predicted octanol–water partition coefficient (Wildman–Crippen LogP) is 2.83. The fraction of sp³-hybridized carbons (Fsp3) is 0.133. The summed E-state index contributed by atoms with van der Waals surface area (Å²) in [6.45, 7) is 0. The van der Waals surface area contributed by atoms with Gasteiger partial charge in [0.05, 0.1) is 24.1 Å². The van der Waals surface area contributed by atoms with Gasteiger partial charge in [0.1, 0.15) is 0 Å². The molecule has 1 aromatic carbocycles. The molecule has 1 aliphatic carbocycles. The minimum atomic E-state index is -0.450. The highest BCUT2D eigenvalue weighted by Crippen LogP contribution is 2.33. The smallest absolute Gasteiger partial charge is 0.346 e. The monoisotopic (exact) mass is 302 g/mol. The van der Waals surface area contributed by atoms with Crippen LogP contribution in [-0.4, -0.2) is 24.8 Å². The highest BCUT2D eigenvalue weighted by molar-refractivity contribution is 6.32. The summed E-state index contributed by atoms with van der Waals surface area (Å²) in [6, 6.07) is 4.68. The van der Waals surface area contributed by atoms with Gasteiger partial charge in [0.25, 0.3) is 0 Å². The van der Waals surface area contributed by atoms with E-state index in [-0.39, 0.29) is 5.92 Å². The molecule has 21 heavy (non-hydrogen) atoms. The molecule has 1 unspecified atom stereocenters. The number of methoxy groups -OCH3 is 1. The Morgan fingerprint density at radius 3 is 3.00 bits per heavy atom. The molecular formula is C15H11ClN2O3. The number of amides is 2. The number of fused-ring (bicyclic) bond motifs is 1. The number of halogens is 1. The quantitative estimate of drug-likeness (QED) is 0.854. The molecule has 0 fully saturated rings. The lowest BCUT2D eigenvalue weighted by Crippen LogP contribution is -2.18. The van der Waals surface area contributed by atoms with Crippen molar-refractivity contribution in [1.29, 1.82) is 0 Å². The first-order valence-corrected chi connectivity index (χ1v) is 6.64. The number of aliphatic imine (C=N–C) groups is 1. The number of allylic oxidation sites excluding steroid dienone is 3. The number of hydrogen-bond donors (Lipinski definition) is 1. The number of esters is 1. The van der Waals surface area contributed by atoms with Gasteiger partial charge in [-0.15, -0.1) is 0 Å². The number of nitrogens with one attached hydrogen (secondary N) is 1. The minimum absolute atomic E-state index is 0.236. The number of rotatable bonds is 2. The third-order valence-electron chi connectivity index (χ3n) is 3.34. The molecule has 3 rings (SSSR count). The largest absolute Gasteiger partial charge is 0.465 e. The summed E-state index contributed by atoms with van der Waals surface area (Å²) in [5, 5.41) is 3.11. The van der Waals surface area contributed by atoms with Crippen LogP contribution < -0.4 is 5.32 Å². The van der Waals surface area contributed by atoms with Crippen molar-refractivity contribution in [3.63, 3.8) is 0 Å². The van der Waals surface area contributed by atoms with Crippen molar-refractivity contribution in [2.24, 2.45) is 4.99 Å². The normalized spacial score (nSPS) is 19.5. The third-order valence-corrected chi connectivity index (χ3v) is 3.67. The second-order valence-electron chi connectivity index (χ2n) is 4.59. The topological polar surface area (TPSA) is 67.8 Å². The maximum atomic E-state index is 11.9.